The third-order valence-electron chi connectivity index (χ3n) is 4.42. The number of rotatable bonds is 7. The second-order valence-electron chi connectivity index (χ2n) is 6.03. The molecule has 2 aliphatic rings. The Hall–Kier alpha value is -1.30. The Kier molecular flexibility index (Phi) is 5.18. The van der Waals surface area contributed by atoms with Gasteiger partial charge in [-0.25, -0.2) is 0 Å². The Morgan fingerprint density at radius 1 is 1.27 bits per heavy atom. The fourth-order valence-corrected chi connectivity index (χ4v) is 3.00. The summed E-state index contributed by atoms with van der Waals surface area (Å²) < 4.78 is 16.5. The van der Waals surface area contributed by atoms with E-state index in [1.165, 1.54) is 12.8 Å². The SMILES string of the molecule is COc1ccc(CNC[C@@H]2CN(C3CC3)CCO2)c(OC)c1. The average Bonchev–Trinajstić information content (AvgIpc) is 3.40. The van der Waals surface area contributed by atoms with Crippen LogP contribution in [0.5, 0.6) is 11.5 Å². The number of nitrogens with one attached hydrogen (secondary N) is 1. The Morgan fingerprint density at radius 3 is 2.86 bits per heavy atom. The van der Waals surface area contributed by atoms with Gasteiger partial charge in [-0.1, -0.05) is 6.07 Å². The molecular formula is C17H26N2O3. The maximum Gasteiger partial charge on any atom is 0.127 e. The summed E-state index contributed by atoms with van der Waals surface area (Å²) in [5.74, 6) is 1.67. The van der Waals surface area contributed by atoms with Gasteiger partial charge in [-0.2, -0.15) is 0 Å². The Balaban J connectivity index is 1.48. The summed E-state index contributed by atoms with van der Waals surface area (Å²) in [4.78, 5) is 2.57. The highest BCUT2D eigenvalue weighted by Crippen LogP contribution is 2.28. The highest BCUT2D eigenvalue weighted by molar-refractivity contribution is 5.40. The molecule has 1 saturated heterocycles. The molecular weight excluding hydrogens is 280 g/mol. The van der Waals surface area contributed by atoms with Gasteiger partial charge in [0.2, 0.25) is 0 Å². The molecule has 2 fully saturated rings. The van der Waals surface area contributed by atoms with Crippen molar-refractivity contribution in [3.05, 3.63) is 23.8 Å². The molecule has 1 aliphatic carbocycles. The number of methoxy groups -OCH3 is 2. The summed E-state index contributed by atoms with van der Waals surface area (Å²) in [6.07, 6.45) is 3.02. The van der Waals surface area contributed by atoms with Gasteiger partial charge in [0.1, 0.15) is 11.5 Å². The molecule has 0 bridgehead atoms. The molecule has 122 valence electrons. The molecule has 22 heavy (non-hydrogen) atoms. The molecule has 0 aromatic heterocycles. The van der Waals surface area contributed by atoms with Gasteiger partial charge >= 0.3 is 0 Å². The predicted octanol–water partition coefficient (Wildman–Crippen LogP) is 1.66. The third-order valence-corrected chi connectivity index (χ3v) is 4.42. The molecule has 1 heterocycles. The number of benzene rings is 1. The quantitative estimate of drug-likeness (QED) is 0.830. The van der Waals surface area contributed by atoms with E-state index in [0.717, 1.165) is 55.9 Å². The van der Waals surface area contributed by atoms with Crippen LogP contribution in [-0.2, 0) is 11.3 Å². The van der Waals surface area contributed by atoms with E-state index < -0.39 is 0 Å². The van der Waals surface area contributed by atoms with Gasteiger partial charge in [-0.05, 0) is 18.9 Å². The molecule has 1 aromatic carbocycles. The van der Waals surface area contributed by atoms with Crippen molar-refractivity contribution in [3.8, 4) is 11.5 Å². The zero-order valence-corrected chi connectivity index (χ0v) is 13.5. The second-order valence-corrected chi connectivity index (χ2v) is 6.03. The van der Waals surface area contributed by atoms with Crippen LogP contribution in [0.15, 0.2) is 18.2 Å². The molecule has 1 N–H and O–H groups in total. The van der Waals surface area contributed by atoms with Crippen LogP contribution in [0.3, 0.4) is 0 Å². The number of hydrogen-bond acceptors (Lipinski definition) is 5. The summed E-state index contributed by atoms with van der Waals surface area (Å²) in [5.41, 5.74) is 1.14. The summed E-state index contributed by atoms with van der Waals surface area (Å²) >= 11 is 0. The van der Waals surface area contributed by atoms with Crippen LogP contribution in [0.25, 0.3) is 0 Å². The van der Waals surface area contributed by atoms with Crippen LogP contribution in [0.2, 0.25) is 0 Å². The first-order chi connectivity index (χ1) is 10.8. The van der Waals surface area contributed by atoms with Gasteiger partial charge in [-0.15, -0.1) is 0 Å². The van der Waals surface area contributed by atoms with Crippen molar-refractivity contribution in [2.24, 2.45) is 0 Å². The summed E-state index contributed by atoms with van der Waals surface area (Å²) in [6, 6.07) is 6.75. The van der Waals surface area contributed by atoms with Gasteiger partial charge in [0.25, 0.3) is 0 Å². The van der Waals surface area contributed by atoms with Crippen molar-refractivity contribution in [1.82, 2.24) is 10.2 Å². The van der Waals surface area contributed by atoms with E-state index in [0.29, 0.717) is 6.10 Å². The second kappa shape index (κ2) is 7.31. The van der Waals surface area contributed by atoms with Gasteiger partial charge in [-0.3, -0.25) is 4.90 Å². The van der Waals surface area contributed by atoms with Crippen molar-refractivity contribution in [1.29, 1.82) is 0 Å². The van der Waals surface area contributed by atoms with Gasteiger partial charge in [0.15, 0.2) is 0 Å². The van der Waals surface area contributed by atoms with Crippen molar-refractivity contribution in [3.63, 3.8) is 0 Å². The van der Waals surface area contributed by atoms with E-state index in [1.54, 1.807) is 14.2 Å². The highest BCUT2D eigenvalue weighted by atomic mass is 16.5. The average molecular weight is 306 g/mol. The van der Waals surface area contributed by atoms with Gasteiger partial charge in [0, 0.05) is 43.9 Å². The molecule has 0 amide bonds. The molecule has 3 rings (SSSR count). The van der Waals surface area contributed by atoms with Crippen LogP contribution >= 0.6 is 0 Å². The molecule has 1 aromatic rings. The van der Waals surface area contributed by atoms with Crippen molar-refractivity contribution in [2.75, 3.05) is 40.5 Å². The topological polar surface area (TPSA) is 43.0 Å². The minimum Gasteiger partial charge on any atom is -0.497 e. The molecule has 1 atom stereocenters. The molecule has 0 spiro atoms. The number of hydrogen-bond donors (Lipinski definition) is 1. The fourth-order valence-electron chi connectivity index (χ4n) is 3.00. The third kappa shape index (κ3) is 3.91. The van der Waals surface area contributed by atoms with Crippen molar-refractivity contribution in [2.45, 2.75) is 31.5 Å². The zero-order valence-electron chi connectivity index (χ0n) is 13.5. The van der Waals surface area contributed by atoms with Crippen LogP contribution < -0.4 is 14.8 Å². The Labute approximate surface area is 132 Å². The van der Waals surface area contributed by atoms with Crippen LogP contribution in [-0.4, -0.2) is 57.5 Å². The number of morpholine rings is 1. The lowest BCUT2D eigenvalue weighted by Gasteiger charge is -2.33. The maximum absolute atomic E-state index is 5.86. The maximum atomic E-state index is 5.86. The summed E-state index contributed by atoms with van der Waals surface area (Å²) in [7, 11) is 3.36. The normalized spacial score (nSPS) is 22.5. The lowest BCUT2D eigenvalue weighted by atomic mass is 10.2. The molecule has 1 saturated carbocycles. The Morgan fingerprint density at radius 2 is 2.14 bits per heavy atom. The Bertz CT molecular complexity index is 491. The van der Waals surface area contributed by atoms with E-state index in [4.69, 9.17) is 14.2 Å². The van der Waals surface area contributed by atoms with E-state index in [2.05, 4.69) is 10.2 Å². The predicted molar refractivity (Wildman–Crippen MR) is 85.6 cm³/mol. The first kappa shape index (κ1) is 15.6. The lowest BCUT2D eigenvalue weighted by molar-refractivity contribution is -0.0301. The number of nitrogens with zero attached hydrogens (tertiary/aromatic N) is 1. The minimum atomic E-state index is 0.290. The van der Waals surface area contributed by atoms with E-state index in [9.17, 15) is 0 Å². The van der Waals surface area contributed by atoms with E-state index >= 15 is 0 Å². The standard InChI is InChI=1S/C17H26N2O3/c1-20-15-6-3-13(17(9-15)21-2)10-18-11-16-12-19(7-8-22-16)14-4-5-14/h3,6,9,14,16,18H,4-5,7-8,10-12H2,1-2H3/t16-/m1/s1. The van der Waals surface area contributed by atoms with Crippen LogP contribution in [0.4, 0.5) is 0 Å². The number of ether oxygens (including phenoxy) is 3. The van der Waals surface area contributed by atoms with Crippen molar-refractivity contribution >= 4 is 0 Å². The molecule has 1 aliphatic heterocycles. The first-order valence-corrected chi connectivity index (χ1v) is 8.07. The van der Waals surface area contributed by atoms with E-state index in [1.807, 2.05) is 18.2 Å². The van der Waals surface area contributed by atoms with Gasteiger partial charge in [0.05, 0.1) is 26.9 Å². The molecule has 5 heteroatoms. The van der Waals surface area contributed by atoms with Gasteiger partial charge < -0.3 is 19.5 Å². The first-order valence-electron chi connectivity index (χ1n) is 8.07. The minimum absolute atomic E-state index is 0.290. The monoisotopic (exact) mass is 306 g/mol. The highest BCUT2D eigenvalue weighted by Gasteiger charge is 2.32. The largest absolute Gasteiger partial charge is 0.497 e. The van der Waals surface area contributed by atoms with Crippen molar-refractivity contribution < 1.29 is 14.2 Å². The summed E-state index contributed by atoms with van der Waals surface area (Å²) in [6.45, 7) is 4.65. The van der Waals surface area contributed by atoms with Crippen LogP contribution in [0, 0.1) is 0 Å². The fraction of sp³-hybridized carbons (Fsp3) is 0.647. The van der Waals surface area contributed by atoms with E-state index in [-0.39, 0.29) is 0 Å². The smallest absolute Gasteiger partial charge is 0.127 e. The summed E-state index contributed by atoms with van der Waals surface area (Å²) in [5, 5.41) is 3.49. The molecule has 5 nitrogen and oxygen atoms in total. The lowest BCUT2D eigenvalue weighted by Crippen LogP contribution is -2.47. The molecule has 0 unspecified atom stereocenters. The molecule has 0 radical (unpaired) electrons. The van der Waals surface area contributed by atoms with Crippen LogP contribution in [0.1, 0.15) is 18.4 Å². The zero-order chi connectivity index (χ0) is 15.4.